The van der Waals surface area contributed by atoms with E-state index in [4.69, 9.17) is 14.5 Å². The van der Waals surface area contributed by atoms with Gasteiger partial charge in [0.25, 0.3) is 0 Å². The zero-order valence-electron chi connectivity index (χ0n) is 13.6. The number of carbonyl (C=O) groups is 1. The lowest BCUT2D eigenvalue weighted by Gasteiger charge is -2.40. The Morgan fingerprint density at radius 1 is 1.50 bits per heavy atom. The number of carbonyl (C=O) groups excluding carboxylic acids is 1. The van der Waals surface area contributed by atoms with Gasteiger partial charge in [-0.15, -0.1) is 0 Å². The van der Waals surface area contributed by atoms with E-state index in [0.717, 1.165) is 24.1 Å². The molecule has 5 atom stereocenters. The largest absolute Gasteiger partial charge is 0.460 e. The molecule has 1 aliphatic carbocycles. The molecule has 1 saturated heterocycles. The molecule has 1 N–H and O–H groups in total. The second-order valence-corrected chi connectivity index (χ2v) is 7.67. The van der Waals surface area contributed by atoms with Crippen molar-refractivity contribution in [3.8, 4) is 0 Å². The first-order chi connectivity index (χ1) is 10.6. The number of ether oxygens (including phenoxy) is 2. The minimum atomic E-state index is -0.234. The van der Waals surface area contributed by atoms with Gasteiger partial charge in [0.2, 0.25) is 0 Å². The highest BCUT2D eigenvalue weighted by Gasteiger charge is 2.48. The van der Waals surface area contributed by atoms with Crippen LogP contribution in [0.3, 0.4) is 0 Å². The topological polar surface area (TPSA) is 59.9 Å². The highest BCUT2D eigenvalue weighted by atomic mass is 32.2. The third-order valence-electron chi connectivity index (χ3n) is 4.75. The summed E-state index contributed by atoms with van der Waals surface area (Å²) in [6.45, 7) is 6.65. The number of aliphatic imine (C=N–C) groups is 1. The molecule has 2 aliphatic heterocycles. The summed E-state index contributed by atoms with van der Waals surface area (Å²) in [6, 6.07) is -0.0878. The summed E-state index contributed by atoms with van der Waals surface area (Å²) in [5.74, 6) is 0.851. The monoisotopic (exact) mass is 326 g/mol. The molecule has 0 unspecified atom stereocenters. The van der Waals surface area contributed by atoms with Gasteiger partial charge in [0, 0.05) is 19.4 Å². The van der Waals surface area contributed by atoms with Crippen LogP contribution in [0.4, 0.5) is 0 Å². The lowest BCUT2D eigenvalue weighted by Crippen LogP contribution is -2.51. The summed E-state index contributed by atoms with van der Waals surface area (Å²) < 4.78 is 11.8. The van der Waals surface area contributed by atoms with Crippen LogP contribution < -0.4 is 5.32 Å². The Balaban J connectivity index is 1.64. The van der Waals surface area contributed by atoms with Crippen LogP contribution in [-0.2, 0) is 14.3 Å². The lowest BCUT2D eigenvalue weighted by molar-refractivity contribution is -0.166. The van der Waals surface area contributed by atoms with Gasteiger partial charge >= 0.3 is 5.97 Å². The van der Waals surface area contributed by atoms with Crippen LogP contribution in [0.15, 0.2) is 4.99 Å². The highest BCUT2D eigenvalue weighted by molar-refractivity contribution is 8.14. The SMILES string of the molecule is CC[C@H]1O[C@@H]2SC(NCCC3CC3)=N[C@@H]2[C@@H](OC(C)=O)[C@@H]1C. The van der Waals surface area contributed by atoms with Crippen molar-refractivity contribution in [2.75, 3.05) is 6.54 Å². The van der Waals surface area contributed by atoms with Crippen LogP contribution >= 0.6 is 11.8 Å². The second-order valence-electron chi connectivity index (χ2n) is 6.59. The van der Waals surface area contributed by atoms with Gasteiger partial charge in [0.1, 0.15) is 17.6 Å². The Bertz CT molecular complexity index is 453. The molecule has 3 aliphatic rings. The maximum absolute atomic E-state index is 11.4. The number of fused-ring (bicyclic) bond motifs is 1. The maximum Gasteiger partial charge on any atom is 0.302 e. The zero-order valence-corrected chi connectivity index (χ0v) is 14.4. The fourth-order valence-corrected chi connectivity index (χ4v) is 4.42. The number of esters is 1. The van der Waals surface area contributed by atoms with Crippen LogP contribution in [0, 0.1) is 11.8 Å². The number of nitrogens with zero attached hydrogens (tertiary/aromatic N) is 1. The van der Waals surface area contributed by atoms with Crippen molar-refractivity contribution in [2.45, 2.75) is 70.1 Å². The molecule has 2 fully saturated rings. The molecule has 124 valence electrons. The van der Waals surface area contributed by atoms with Gasteiger partial charge in [-0.25, -0.2) is 0 Å². The minimum Gasteiger partial charge on any atom is -0.460 e. The van der Waals surface area contributed by atoms with E-state index in [1.165, 1.54) is 26.2 Å². The highest BCUT2D eigenvalue weighted by Crippen LogP contribution is 2.40. The predicted octanol–water partition coefficient (Wildman–Crippen LogP) is 2.55. The Hall–Kier alpha value is -0.750. The van der Waals surface area contributed by atoms with E-state index in [2.05, 4.69) is 19.2 Å². The molecule has 1 saturated carbocycles. The van der Waals surface area contributed by atoms with Crippen molar-refractivity contribution in [1.82, 2.24) is 5.32 Å². The average molecular weight is 326 g/mol. The summed E-state index contributed by atoms with van der Waals surface area (Å²) in [5, 5.41) is 4.36. The van der Waals surface area contributed by atoms with Crippen molar-refractivity contribution < 1.29 is 14.3 Å². The van der Waals surface area contributed by atoms with E-state index in [0.29, 0.717) is 0 Å². The average Bonchev–Trinajstić information content (AvgIpc) is 3.20. The molecule has 0 amide bonds. The Morgan fingerprint density at radius 2 is 2.27 bits per heavy atom. The summed E-state index contributed by atoms with van der Waals surface area (Å²) in [7, 11) is 0. The van der Waals surface area contributed by atoms with Gasteiger partial charge in [-0.2, -0.15) is 0 Å². The van der Waals surface area contributed by atoms with Crippen LogP contribution in [-0.4, -0.2) is 41.4 Å². The van der Waals surface area contributed by atoms with Crippen LogP contribution in [0.5, 0.6) is 0 Å². The van der Waals surface area contributed by atoms with E-state index >= 15 is 0 Å². The Kier molecular flexibility index (Phi) is 4.97. The molecule has 3 rings (SSSR count). The third-order valence-corrected chi connectivity index (χ3v) is 5.85. The standard InChI is InChI=1S/C16H26N2O3S/c1-4-12-9(2)14(20-10(3)19)13-15(21-12)22-16(18-13)17-8-7-11-5-6-11/h9,11-15H,4-8H2,1-3H3,(H,17,18)/t9-,12-,13-,14+,15-/m1/s1. The molecule has 0 bridgehead atoms. The van der Waals surface area contributed by atoms with Crippen molar-refractivity contribution in [2.24, 2.45) is 16.8 Å². The summed E-state index contributed by atoms with van der Waals surface area (Å²) in [4.78, 5) is 16.2. The minimum absolute atomic E-state index is 0.0334. The van der Waals surface area contributed by atoms with Crippen molar-refractivity contribution in [3.63, 3.8) is 0 Å². The van der Waals surface area contributed by atoms with Crippen molar-refractivity contribution >= 4 is 22.9 Å². The molecule has 0 aromatic carbocycles. The van der Waals surface area contributed by atoms with Crippen molar-refractivity contribution in [1.29, 1.82) is 0 Å². The van der Waals surface area contributed by atoms with Gasteiger partial charge in [-0.05, 0) is 18.8 Å². The van der Waals surface area contributed by atoms with E-state index in [1.54, 1.807) is 11.8 Å². The number of hydrogen-bond acceptors (Lipinski definition) is 6. The number of thioether (sulfide) groups is 1. The molecular formula is C16H26N2O3S. The molecule has 22 heavy (non-hydrogen) atoms. The van der Waals surface area contributed by atoms with Crippen molar-refractivity contribution in [3.05, 3.63) is 0 Å². The fourth-order valence-electron chi connectivity index (χ4n) is 3.28. The van der Waals surface area contributed by atoms with E-state index < -0.39 is 0 Å². The number of rotatable bonds is 5. The number of hydrogen-bond donors (Lipinski definition) is 1. The van der Waals surface area contributed by atoms with E-state index in [-0.39, 0.29) is 35.6 Å². The van der Waals surface area contributed by atoms with Gasteiger partial charge in [-0.1, -0.05) is 38.5 Å². The van der Waals surface area contributed by atoms with E-state index in [9.17, 15) is 4.79 Å². The van der Waals surface area contributed by atoms with Crippen LogP contribution in [0.2, 0.25) is 0 Å². The smallest absolute Gasteiger partial charge is 0.302 e. The summed E-state index contributed by atoms with van der Waals surface area (Å²) in [6.07, 6.45) is 4.83. The first-order valence-corrected chi connectivity index (χ1v) is 9.27. The normalized spacial score (nSPS) is 37.4. The van der Waals surface area contributed by atoms with Gasteiger partial charge in [0.15, 0.2) is 5.17 Å². The van der Waals surface area contributed by atoms with Gasteiger partial charge in [0.05, 0.1) is 6.10 Å². The predicted molar refractivity (Wildman–Crippen MR) is 87.8 cm³/mol. The molecule has 0 aromatic rings. The van der Waals surface area contributed by atoms with Gasteiger partial charge in [-0.3, -0.25) is 9.79 Å². The second kappa shape index (κ2) is 6.79. The molecule has 0 spiro atoms. The Labute approximate surface area is 136 Å². The van der Waals surface area contributed by atoms with E-state index in [1.807, 2.05) is 0 Å². The molecule has 2 heterocycles. The fraction of sp³-hybridized carbons (Fsp3) is 0.875. The number of amidine groups is 1. The molecule has 0 radical (unpaired) electrons. The third kappa shape index (κ3) is 3.59. The first-order valence-electron chi connectivity index (χ1n) is 8.39. The molecule has 5 nitrogen and oxygen atoms in total. The number of nitrogens with one attached hydrogen (secondary N) is 1. The molecular weight excluding hydrogens is 300 g/mol. The summed E-state index contributed by atoms with van der Waals surface area (Å²) >= 11 is 1.64. The Morgan fingerprint density at radius 3 is 2.91 bits per heavy atom. The molecule has 6 heteroatoms. The van der Waals surface area contributed by atoms with Crippen LogP contribution in [0.25, 0.3) is 0 Å². The lowest BCUT2D eigenvalue weighted by atomic mass is 9.88. The zero-order chi connectivity index (χ0) is 15.7. The summed E-state index contributed by atoms with van der Waals surface area (Å²) in [5.41, 5.74) is -0.0334. The first kappa shape index (κ1) is 16.1. The van der Waals surface area contributed by atoms with Gasteiger partial charge < -0.3 is 14.8 Å². The van der Waals surface area contributed by atoms with Crippen LogP contribution in [0.1, 0.15) is 46.5 Å². The molecule has 0 aromatic heterocycles. The quantitative estimate of drug-likeness (QED) is 0.787. The maximum atomic E-state index is 11.4.